The Morgan fingerprint density at radius 2 is 1.90 bits per heavy atom. The maximum atomic E-state index is 9.96. The van der Waals surface area contributed by atoms with Crippen molar-refractivity contribution in [2.75, 3.05) is 7.11 Å². The molecule has 0 aliphatic heterocycles. The molecule has 0 rings (SSSR count). The number of hydrogen-bond donors (Lipinski definition) is 2. The van der Waals surface area contributed by atoms with Crippen molar-refractivity contribution in [3.05, 3.63) is 0 Å². The summed E-state index contributed by atoms with van der Waals surface area (Å²) in [6, 6.07) is 0. The zero-order chi connectivity index (χ0) is 8.57. The maximum Gasteiger partial charge on any atom is 0.314 e. The Morgan fingerprint density at radius 1 is 1.60 bits per heavy atom. The lowest BCUT2D eigenvalue weighted by molar-refractivity contribution is -0.140. The third-order valence-corrected chi connectivity index (χ3v) is 0.516. The highest BCUT2D eigenvalue weighted by atomic mass is 31.1. The van der Waals surface area contributed by atoms with Crippen molar-refractivity contribution in [1.82, 2.24) is 0 Å². The summed E-state index contributed by atoms with van der Waals surface area (Å²) in [6.07, 6.45) is 0.469. The molecule has 0 saturated heterocycles. The fourth-order valence-corrected chi connectivity index (χ4v) is 0.144. The first-order valence-electron chi connectivity index (χ1n) is 2.53. The Morgan fingerprint density at radius 3 is 1.90 bits per heavy atom. The Kier molecular flexibility index (Phi) is 10.6. The Labute approximate surface area is 59.6 Å². The smallest absolute Gasteiger partial charge is 0.314 e. The standard InChI is InChI=1S/C4H8O2.H3O3P/c1-3-4(5)6-2;1-4(2)3/h3H2,1-2H3;4H,(H2,1,2,3). The first-order chi connectivity index (χ1) is 4.54. The Hall–Kier alpha value is -0.380. The van der Waals surface area contributed by atoms with Crippen molar-refractivity contribution in [3.8, 4) is 0 Å². The fraction of sp³-hybridized carbons (Fsp3) is 0.750. The van der Waals surface area contributed by atoms with E-state index in [2.05, 4.69) is 4.74 Å². The van der Waals surface area contributed by atoms with Crippen molar-refractivity contribution in [2.45, 2.75) is 13.3 Å². The molecule has 0 aromatic carbocycles. The number of esters is 1. The van der Waals surface area contributed by atoms with E-state index in [9.17, 15) is 4.79 Å². The molecule has 2 N–H and O–H groups in total. The van der Waals surface area contributed by atoms with Crippen molar-refractivity contribution in [2.24, 2.45) is 0 Å². The predicted molar refractivity (Wildman–Crippen MR) is 35.7 cm³/mol. The van der Waals surface area contributed by atoms with Crippen molar-refractivity contribution in [1.29, 1.82) is 0 Å². The van der Waals surface area contributed by atoms with Crippen LogP contribution >= 0.6 is 8.25 Å². The van der Waals surface area contributed by atoms with E-state index < -0.39 is 8.25 Å². The summed E-state index contributed by atoms with van der Waals surface area (Å²) >= 11 is 0. The van der Waals surface area contributed by atoms with Crippen LogP contribution in [0.5, 0.6) is 0 Å². The van der Waals surface area contributed by atoms with Gasteiger partial charge in [0.05, 0.1) is 7.11 Å². The van der Waals surface area contributed by atoms with E-state index in [1.807, 2.05) is 0 Å². The first-order valence-corrected chi connectivity index (χ1v) is 3.83. The fourth-order valence-electron chi connectivity index (χ4n) is 0.144. The molecule has 0 aromatic rings. The van der Waals surface area contributed by atoms with Crippen LogP contribution in [0.4, 0.5) is 0 Å². The van der Waals surface area contributed by atoms with Crippen molar-refractivity contribution < 1.29 is 23.9 Å². The minimum Gasteiger partial charge on any atom is -0.469 e. The molecule has 0 heterocycles. The molecule has 0 aliphatic carbocycles. The van der Waals surface area contributed by atoms with Gasteiger partial charge in [-0.1, -0.05) is 6.92 Å². The molecule has 0 fully saturated rings. The van der Waals surface area contributed by atoms with Gasteiger partial charge in [-0.05, 0) is 0 Å². The van der Waals surface area contributed by atoms with E-state index in [0.717, 1.165) is 0 Å². The molecule has 0 aliphatic rings. The third kappa shape index (κ3) is 25.5. The number of hydrogen-bond acceptors (Lipinski definition) is 3. The predicted octanol–water partition coefficient (Wildman–Crippen LogP) is -0.0699. The summed E-state index contributed by atoms with van der Waals surface area (Å²) in [6.45, 7) is 1.76. The van der Waals surface area contributed by atoms with E-state index in [4.69, 9.17) is 14.4 Å². The van der Waals surface area contributed by atoms with E-state index >= 15 is 0 Å². The van der Waals surface area contributed by atoms with E-state index in [0.29, 0.717) is 6.42 Å². The average molecular weight is 170 g/mol. The van der Waals surface area contributed by atoms with Gasteiger partial charge >= 0.3 is 14.2 Å². The second-order valence-electron chi connectivity index (χ2n) is 1.21. The second kappa shape index (κ2) is 8.62. The maximum absolute atomic E-state index is 9.96. The van der Waals surface area contributed by atoms with Gasteiger partial charge in [-0.2, -0.15) is 0 Å². The van der Waals surface area contributed by atoms with Gasteiger partial charge in [-0.25, -0.2) is 0 Å². The van der Waals surface area contributed by atoms with Crippen LogP contribution in [0.15, 0.2) is 0 Å². The van der Waals surface area contributed by atoms with Crippen LogP contribution in [0.1, 0.15) is 13.3 Å². The van der Waals surface area contributed by atoms with E-state index in [1.54, 1.807) is 6.92 Å². The number of rotatable bonds is 1. The number of methoxy groups -OCH3 is 1. The minimum atomic E-state index is -3.13. The second-order valence-corrected chi connectivity index (χ2v) is 1.78. The molecule has 0 bridgehead atoms. The van der Waals surface area contributed by atoms with Gasteiger partial charge in [0.25, 0.3) is 0 Å². The number of carbonyl (C=O) groups excluding carboxylic acids is 1. The highest BCUT2D eigenvalue weighted by Crippen LogP contribution is 1.98. The normalized spacial score (nSPS) is 8.10. The molecule has 0 atom stereocenters. The highest BCUT2D eigenvalue weighted by Gasteiger charge is 1.87. The summed E-state index contributed by atoms with van der Waals surface area (Å²) < 4.78 is 13.0. The third-order valence-electron chi connectivity index (χ3n) is 0.516. The molecular formula is C4H11O5P. The molecule has 0 radical (unpaired) electrons. The Bertz CT molecular complexity index is 102. The van der Waals surface area contributed by atoms with Crippen LogP contribution in [0.2, 0.25) is 0 Å². The molecule has 0 unspecified atom stereocenters. The van der Waals surface area contributed by atoms with E-state index in [-0.39, 0.29) is 5.97 Å². The van der Waals surface area contributed by atoms with Crippen molar-refractivity contribution >= 4 is 14.2 Å². The molecule has 0 aromatic heterocycles. The lowest BCUT2D eigenvalue weighted by Crippen LogP contribution is -1.94. The lowest BCUT2D eigenvalue weighted by Gasteiger charge is -1.87. The van der Waals surface area contributed by atoms with Crippen LogP contribution in [0.3, 0.4) is 0 Å². The SMILES string of the molecule is CCC(=O)OC.O=[PH](O)O. The van der Waals surface area contributed by atoms with Crippen LogP contribution in [-0.4, -0.2) is 22.9 Å². The van der Waals surface area contributed by atoms with Gasteiger partial charge in [0.15, 0.2) is 0 Å². The van der Waals surface area contributed by atoms with E-state index in [1.165, 1.54) is 7.11 Å². The molecule has 5 nitrogen and oxygen atoms in total. The summed E-state index contributed by atoms with van der Waals surface area (Å²) in [5.74, 6) is -0.157. The van der Waals surface area contributed by atoms with Crippen LogP contribution in [-0.2, 0) is 14.1 Å². The monoisotopic (exact) mass is 170 g/mol. The number of carbonyl (C=O) groups is 1. The van der Waals surface area contributed by atoms with Gasteiger partial charge in [-0.3, -0.25) is 9.36 Å². The van der Waals surface area contributed by atoms with Gasteiger partial charge in [0.1, 0.15) is 0 Å². The molecule has 0 amide bonds. The molecular weight excluding hydrogens is 159 g/mol. The summed E-state index contributed by atoms with van der Waals surface area (Å²) in [5, 5.41) is 0. The average Bonchev–Trinajstić information content (AvgIpc) is 1.85. The van der Waals surface area contributed by atoms with Gasteiger partial charge < -0.3 is 14.5 Å². The molecule has 10 heavy (non-hydrogen) atoms. The number of ether oxygens (including phenoxy) is 1. The van der Waals surface area contributed by atoms with Gasteiger partial charge in [-0.15, -0.1) is 0 Å². The molecule has 0 saturated carbocycles. The zero-order valence-electron chi connectivity index (χ0n) is 5.83. The quantitative estimate of drug-likeness (QED) is 0.425. The largest absolute Gasteiger partial charge is 0.469 e. The van der Waals surface area contributed by atoms with Crippen LogP contribution < -0.4 is 0 Å². The first kappa shape index (κ1) is 12.3. The summed E-state index contributed by atoms with van der Waals surface area (Å²) in [5.41, 5.74) is 0. The molecule has 62 valence electrons. The van der Waals surface area contributed by atoms with Crippen LogP contribution in [0, 0.1) is 0 Å². The molecule has 0 spiro atoms. The molecule has 6 heteroatoms. The summed E-state index contributed by atoms with van der Waals surface area (Å²) in [7, 11) is -1.75. The minimum absolute atomic E-state index is 0.157. The Balaban J connectivity index is 0. The topological polar surface area (TPSA) is 83.8 Å². The van der Waals surface area contributed by atoms with Gasteiger partial charge in [0.2, 0.25) is 0 Å². The van der Waals surface area contributed by atoms with Crippen molar-refractivity contribution in [3.63, 3.8) is 0 Å². The zero-order valence-corrected chi connectivity index (χ0v) is 6.83. The van der Waals surface area contributed by atoms with Gasteiger partial charge in [0, 0.05) is 6.42 Å². The van der Waals surface area contributed by atoms with Crippen LogP contribution in [0.25, 0.3) is 0 Å². The summed E-state index contributed by atoms with van der Waals surface area (Å²) in [4.78, 5) is 24.3. The lowest BCUT2D eigenvalue weighted by atomic mass is 10.5. The highest BCUT2D eigenvalue weighted by molar-refractivity contribution is 7.30.